The average molecular weight is 1530 g/mol. The third kappa shape index (κ3) is 51.2. The Kier molecular flexibility index (Phi) is 63.0. The highest BCUT2D eigenvalue weighted by Crippen LogP contribution is 2.35. The molecule has 2 fully saturated rings. The van der Waals surface area contributed by atoms with Crippen molar-refractivity contribution in [2.45, 2.75) is 502 Å². The number of unbranched alkanes of at least 4 members (excludes halogenated alkanes) is 53. The van der Waals surface area contributed by atoms with E-state index in [1.807, 2.05) is 0 Å². The van der Waals surface area contributed by atoms with Crippen molar-refractivity contribution in [2.75, 3.05) is 13.2 Å². The lowest BCUT2D eigenvalue weighted by molar-refractivity contribution is -0.374. The van der Waals surface area contributed by atoms with Crippen LogP contribution in [0.4, 0.5) is 0 Å². The molecule has 0 aromatic heterocycles. The van der Waals surface area contributed by atoms with E-state index in [1.165, 1.54) is 244 Å². The zero-order chi connectivity index (χ0) is 77.5. The fraction of sp³-hybridized carbons (Fsp3) is 0.954. The molecule has 0 saturated carbocycles. The number of rotatable bonds is 74. The molecule has 0 spiro atoms. The zero-order valence-electron chi connectivity index (χ0n) is 69.0. The van der Waals surface area contributed by atoms with Gasteiger partial charge in [-0.15, -0.1) is 0 Å². The minimum Gasteiger partial charge on any atom is -0.463 e. The first-order chi connectivity index (χ1) is 51.4. The second kappa shape index (κ2) is 67.1. The van der Waals surface area contributed by atoms with Crippen LogP contribution in [-0.4, -0.2) is 127 Å². The van der Waals surface area contributed by atoms with Crippen molar-refractivity contribution in [3.63, 3.8) is 0 Å². The molecule has 18 nitrogen and oxygen atoms in total. The van der Waals surface area contributed by atoms with E-state index in [0.717, 1.165) is 116 Å². The van der Waals surface area contributed by atoms with Crippen LogP contribution in [0, 0.1) is 17.8 Å². The Morgan fingerprint density at radius 2 is 0.575 bits per heavy atom. The molecule has 2 saturated heterocycles. The highest BCUT2D eigenvalue weighted by atomic mass is 32.3. The number of ether oxygens (including phenoxy) is 7. The summed E-state index contributed by atoms with van der Waals surface area (Å²) < 4.78 is 83.1. The third-order valence-electron chi connectivity index (χ3n) is 22.2. The Bertz CT molecular complexity index is 2190. The van der Waals surface area contributed by atoms with Crippen molar-refractivity contribution in [1.82, 2.24) is 0 Å². The molecule has 13 atom stereocenters. The van der Waals surface area contributed by atoms with Gasteiger partial charge in [0.05, 0.1) is 17.8 Å². The Hall–Kier alpha value is -2.49. The summed E-state index contributed by atoms with van der Waals surface area (Å²) in [6.07, 6.45) is 49.6. The lowest BCUT2D eigenvalue weighted by Gasteiger charge is -2.46. The van der Waals surface area contributed by atoms with Gasteiger partial charge in [0.1, 0.15) is 43.7 Å². The minimum absolute atomic E-state index is 0.0732. The lowest BCUT2D eigenvalue weighted by Crippen LogP contribution is -2.65. The molecule has 0 unspecified atom stereocenters. The van der Waals surface area contributed by atoms with Gasteiger partial charge in [-0.1, -0.05) is 408 Å². The quantitative estimate of drug-likeness (QED) is 0.0191. The Balaban J connectivity index is 2.34. The molecule has 0 aliphatic carbocycles. The van der Waals surface area contributed by atoms with Gasteiger partial charge < -0.3 is 48.5 Å². The van der Waals surface area contributed by atoms with Crippen LogP contribution in [0.1, 0.15) is 440 Å². The normalized spacial score (nSPS) is 21.4. The van der Waals surface area contributed by atoms with E-state index in [4.69, 9.17) is 37.3 Å². The van der Waals surface area contributed by atoms with E-state index in [-0.39, 0.29) is 6.42 Å². The van der Waals surface area contributed by atoms with Crippen LogP contribution in [-0.2, 0) is 66.9 Å². The predicted octanol–water partition coefficient (Wildman–Crippen LogP) is 22.4. The van der Waals surface area contributed by atoms with Crippen LogP contribution in [0.5, 0.6) is 0 Å². The van der Waals surface area contributed by atoms with Crippen molar-refractivity contribution in [3.05, 3.63) is 0 Å². The zero-order valence-corrected chi connectivity index (χ0v) is 69.8. The summed E-state index contributed by atoms with van der Waals surface area (Å²) in [5.74, 6) is -4.34. The molecule has 19 heteroatoms. The maximum absolute atomic E-state index is 14.4. The van der Waals surface area contributed by atoms with Gasteiger partial charge in [0, 0.05) is 6.42 Å². The Labute approximate surface area is 648 Å². The minimum atomic E-state index is -5.43. The number of carbonyl (C=O) groups excluding carboxylic acids is 4. The number of aliphatic hydroxyl groups excluding tert-OH is 3. The number of esters is 4. The van der Waals surface area contributed by atoms with E-state index in [9.17, 15) is 47.5 Å². The van der Waals surface area contributed by atoms with Crippen molar-refractivity contribution < 1.29 is 84.8 Å². The van der Waals surface area contributed by atoms with Gasteiger partial charge in [0.25, 0.3) is 0 Å². The van der Waals surface area contributed by atoms with E-state index < -0.39 is 127 Å². The summed E-state index contributed by atoms with van der Waals surface area (Å²) in [7, 11) is -5.43. The van der Waals surface area contributed by atoms with E-state index in [0.29, 0.717) is 25.7 Å². The summed E-state index contributed by atoms with van der Waals surface area (Å²) in [5, 5.41) is 35.6. The summed E-state index contributed by atoms with van der Waals surface area (Å²) >= 11 is 0. The van der Waals surface area contributed by atoms with Crippen LogP contribution in [0.25, 0.3) is 0 Å². The van der Waals surface area contributed by atoms with Gasteiger partial charge in [0.15, 0.2) is 24.6 Å². The van der Waals surface area contributed by atoms with E-state index >= 15 is 0 Å². The van der Waals surface area contributed by atoms with Gasteiger partial charge in [-0.05, 0) is 25.7 Å². The van der Waals surface area contributed by atoms with Crippen molar-refractivity contribution in [3.8, 4) is 0 Å². The van der Waals surface area contributed by atoms with Crippen molar-refractivity contribution >= 4 is 34.3 Å². The number of hydrogen-bond donors (Lipinski definition) is 4. The molecule has 0 aromatic rings. The summed E-state index contributed by atoms with van der Waals surface area (Å²) in [6.45, 7) is 13.0. The molecule has 626 valence electrons. The summed E-state index contributed by atoms with van der Waals surface area (Å²) in [6, 6.07) is 0. The van der Waals surface area contributed by atoms with E-state index in [2.05, 4.69) is 27.7 Å². The number of hydrogen-bond acceptors (Lipinski definition) is 17. The second-order valence-electron chi connectivity index (χ2n) is 32.4. The molecule has 2 aliphatic rings. The third-order valence-corrected chi connectivity index (χ3v) is 22.7. The standard InChI is InChI=1S/C87H164O18S/c1-8-12-16-20-24-28-32-36-39-40-44-46-50-53-57-61-65-71(5)83(92)98-69-74-77(89)79(91)81(105-106(95,96)97)86(100-74)104-87-82(102-76(88)68-64-60-56-52-48-41-35-31-27-23-19-15-11-4)80(103-85(94)73(7)67-63-59-55-51-47-43-38-34-30-26-22-18-14-10-3)78(90)75(101-87)70-99-84(93)72(6)66-62-58-54-49-45-42-37-33-29-25-21-17-13-9-2/h71-75,77-82,86-87,89-91H,8-70H2,1-7H3,(H,95,96,97)/t71-,72-,73-,74+,75+,77+,78+,79-,80-,81+,82+,86+,87+/m0/s1. The first-order valence-electron chi connectivity index (χ1n) is 44.8. The Morgan fingerprint density at radius 3 is 0.868 bits per heavy atom. The van der Waals surface area contributed by atoms with Gasteiger partial charge in [-0.3, -0.25) is 23.7 Å². The van der Waals surface area contributed by atoms with Crippen LogP contribution >= 0.6 is 0 Å². The van der Waals surface area contributed by atoms with Crippen LogP contribution in [0.15, 0.2) is 0 Å². The summed E-state index contributed by atoms with van der Waals surface area (Å²) in [5.41, 5.74) is 0. The number of carbonyl (C=O) groups is 4. The highest BCUT2D eigenvalue weighted by Gasteiger charge is 2.55. The molecule has 2 heterocycles. The maximum atomic E-state index is 14.4. The van der Waals surface area contributed by atoms with Gasteiger partial charge in [-0.25, -0.2) is 4.18 Å². The molecule has 0 amide bonds. The predicted molar refractivity (Wildman–Crippen MR) is 426 cm³/mol. The monoisotopic (exact) mass is 1530 g/mol. The molecular formula is C87H164O18S. The molecule has 0 aromatic carbocycles. The van der Waals surface area contributed by atoms with Gasteiger partial charge in [0.2, 0.25) is 6.29 Å². The lowest BCUT2D eigenvalue weighted by atomic mass is 9.96. The fourth-order valence-corrected chi connectivity index (χ4v) is 15.4. The number of aliphatic hydroxyl groups is 3. The second-order valence-corrected chi connectivity index (χ2v) is 33.4. The van der Waals surface area contributed by atoms with Crippen molar-refractivity contribution in [2.24, 2.45) is 17.8 Å². The molecule has 2 rings (SSSR count). The molecule has 2 aliphatic heterocycles. The first kappa shape index (κ1) is 99.6. The summed E-state index contributed by atoms with van der Waals surface area (Å²) in [4.78, 5) is 55.9. The van der Waals surface area contributed by atoms with Crippen LogP contribution in [0.2, 0.25) is 0 Å². The molecule has 0 radical (unpaired) electrons. The first-order valence-corrected chi connectivity index (χ1v) is 46.1. The fourth-order valence-electron chi connectivity index (χ4n) is 14.9. The van der Waals surface area contributed by atoms with Crippen molar-refractivity contribution in [1.29, 1.82) is 0 Å². The molecule has 0 bridgehead atoms. The average Bonchev–Trinajstić information content (AvgIpc) is 0.776. The largest absolute Gasteiger partial charge is 0.463 e. The van der Waals surface area contributed by atoms with E-state index in [1.54, 1.807) is 20.8 Å². The van der Waals surface area contributed by atoms with Crippen LogP contribution < -0.4 is 0 Å². The highest BCUT2D eigenvalue weighted by molar-refractivity contribution is 7.80. The topological polar surface area (TPSA) is 257 Å². The van der Waals surface area contributed by atoms with Gasteiger partial charge >= 0.3 is 34.3 Å². The smallest absolute Gasteiger partial charge is 0.397 e. The maximum Gasteiger partial charge on any atom is 0.397 e. The SMILES string of the molecule is CCCCCCCCCCCCCCCCCC[C@H](C)C(=O)OC[C@H]1O[C@H](O[C@H]2O[C@H](COC(=O)[C@@H](C)CCCCCCCCCCCCCCCC)[C@@H](O)[C@H](OC(=O)[C@@H](C)CCCCCCCCCCCCCCCC)[C@H]2OC(=O)CCCCCCCCCCCCCCC)[C@H](OS(=O)(=O)O)[C@@H](O)[C@@H]1O. The Morgan fingerprint density at radius 1 is 0.321 bits per heavy atom. The van der Waals surface area contributed by atoms with Gasteiger partial charge in [-0.2, -0.15) is 8.42 Å². The molecular weight excluding hydrogens is 1370 g/mol. The molecule has 4 N–H and O–H groups in total. The van der Waals surface area contributed by atoms with Crippen LogP contribution in [0.3, 0.4) is 0 Å². The molecule has 106 heavy (non-hydrogen) atoms.